The van der Waals surface area contributed by atoms with E-state index >= 15 is 0 Å². The van der Waals surface area contributed by atoms with Crippen LogP contribution in [0.25, 0.3) is 0 Å². The summed E-state index contributed by atoms with van der Waals surface area (Å²) in [7, 11) is 0. The van der Waals surface area contributed by atoms with Gasteiger partial charge >= 0.3 is 0 Å². The summed E-state index contributed by atoms with van der Waals surface area (Å²) < 4.78 is 0. The third-order valence-corrected chi connectivity index (χ3v) is 1.44. The highest BCUT2D eigenvalue weighted by Gasteiger charge is 1.59. The first-order chi connectivity index (χ1) is 7.00. The Kier molecular flexibility index (Phi) is 5.72. The summed E-state index contributed by atoms with van der Waals surface area (Å²) in [6.07, 6.45) is 0. The smallest absolute Gasteiger partial charge is 0.0184 e. The molecule has 0 fully saturated rings. The fraction of sp³-hybridized carbons (Fsp3) is 0. The average Bonchev–Trinajstić information content (AvgIpc) is 2.22. The lowest BCUT2D eigenvalue weighted by Gasteiger charge is -1.69. The molecule has 1 aromatic carbocycles. The molecule has 0 N–H and O–H groups in total. The molecule has 0 saturated carbocycles. The van der Waals surface area contributed by atoms with Crippen LogP contribution in [0.3, 0.4) is 0 Å². The van der Waals surface area contributed by atoms with Crippen molar-refractivity contribution in [3.05, 3.63) is 84.9 Å². The molecule has 14 heavy (non-hydrogen) atoms. The second kappa shape index (κ2) is 7.81. The number of hydrogen-bond acceptors (Lipinski definition) is 0. The zero-order valence-corrected chi connectivity index (χ0v) is 7.93. The summed E-state index contributed by atoms with van der Waals surface area (Å²) in [5.74, 6) is 0. The Morgan fingerprint density at radius 3 is 0.929 bits per heavy atom. The van der Waals surface area contributed by atoms with Crippen molar-refractivity contribution in [1.82, 2.24) is 0 Å². The lowest BCUT2D eigenvalue weighted by molar-refractivity contribution is 1.70. The molecule has 0 saturated heterocycles. The lowest BCUT2D eigenvalue weighted by Crippen LogP contribution is -1.49. The Hall–Kier alpha value is -1.82. The van der Waals surface area contributed by atoms with E-state index in [9.17, 15) is 0 Å². The van der Waals surface area contributed by atoms with Gasteiger partial charge in [-0.25, -0.2) is 0 Å². The maximum Gasteiger partial charge on any atom is -0.0184 e. The van der Waals surface area contributed by atoms with E-state index in [4.69, 9.17) is 0 Å². The first kappa shape index (κ1) is 10.3. The first-order valence-corrected chi connectivity index (χ1v) is 4.49. The molecule has 1 aromatic rings. The van der Waals surface area contributed by atoms with Crippen molar-refractivity contribution in [3.8, 4) is 0 Å². The van der Waals surface area contributed by atoms with Crippen molar-refractivity contribution < 1.29 is 0 Å². The minimum absolute atomic E-state index is 1.86. The highest BCUT2D eigenvalue weighted by atomic mass is 13.7. The monoisotopic (exact) mass is 180 g/mol. The van der Waals surface area contributed by atoms with E-state index in [0.717, 1.165) is 0 Å². The van der Waals surface area contributed by atoms with Crippen LogP contribution in [-0.2, 0) is 0 Å². The SMILES string of the molecule is [c]1cccccc[c]cccccc1. The van der Waals surface area contributed by atoms with Crippen LogP contribution in [0.5, 0.6) is 0 Å². The summed E-state index contributed by atoms with van der Waals surface area (Å²) >= 11 is 0. The number of rotatable bonds is 0. The minimum atomic E-state index is 1.86. The van der Waals surface area contributed by atoms with Crippen molar-refractivity contribution in [2.24, 2.45) is 0 Å². The predicted octanol–water partition coefficient (Wildman–Crippen LogP) is 3.54. The van der Waals surface area contributed by atoms with Crippen molar-refractivity contribution >= 4 is 0 Å². The van der Waals surface area contributed by atoms with Gasteiger partial charge < -0.3 is 0 Å². The molecule has 1 rings (SSSR count). The van der Waals surface area contributed by atoms with Crippen LogP contribution < -0.4 is 0 Å². The fourth-order valence-corrected chi connectivity index (χ4v) is 0.812. The summed E-state index contributed by atoms with van der Waals surface area (Å²) in [6, 6.07) is 29.0. The zero-order chi connectivity index (χ0) is 9.90. The van der Waals surface area contributed by atoms with E-state index in [0.29, 0.717) is 0 Å². The van der Waals surface area contributed by atoms with Gasteiger partial charge in [0.15, 0.2) is 0 Å². The van der Waals surface area contributed by atoms with Crippen LogP contribution in [0.15, 0.2) is 72.8 Å². The Morgan fingerprint density at radius 1 is 0.357 bits per heavy atom. The Bertz CT molecular complexity index is 213. The van der Waals surface area contributed by atoms with Crippen molar-refractivity contribution in [3.63, 3.8) is 0 Å². The highest BCUT2D eigenvalue weighted by molar-refractivity contribution is 4.98. The second-order valence-corrected chi connectivity index (χ2v) is 2.54. The molecule has 0 aromatic heterocycles. The molecule has 0 atom stereocenters. The van der Waals surface area contributed by atoms with E-state index in [1.807, 2.05) is 72.8 Å². The van der Waals surface area contributed by atoms with Gasteiger partial charge in [-0.1, -0.05) is 72.8 Å². The Morgan fingerprint density at radius 2 is 0.643 bits per heavy atom. The van der Waals surface area contributed by atoms with E-state index in [2.05, 4.69) is 12.1 Å². The normalized spacial score (nSPS) is 8.00. The van der Waals surface area contributed by atoms with Crippen molar-refractivity contribution in [2.45, 2.75) is 0 Å². The summed E-state index contributed by atoms with van der Waals surface area (Å²) in [6.45, 7) is 0. The lowest BCUT2D eigenvalue weighted by atomic mass is 10.4. The molecule has 0 aliphatic rings. The topological polar surface area (TPSA) is 0 Å². The van der Waals surface area contributed by atoms with Crippen LogP contribution in [0.4, 0.5) is 0 Å². The third kappa shape index (κ3) is 5.78. The van der Waals surface area contributed by atoms with Crippen LogP contribution in [0.2, 0.25) is 0 Å². The predicted molar refractivity (Wildman–Crippen MR) is 59.4 cm³/mol. The third-order valence-electron chi connectivity index (χ3n) is 1.44. The van der Waals surface area contributed by atoms with Gasteiger partial charge in [0, 0.05) is 0 Å². The van der Waals surface area contributed by atoms with Crippen LogP contribution in [-0.4, -0.2) is 0 Å². The molecule has 0 nitrogen and oxygen atoms in total. The molecule has 0 aliphatic carbocycles. The second-order valence-electron chi connectivity index (χ2n) is 2.54. The van der Waals surface area contributed by atoms with E-state index in [1.54, 1.807) is 0 Å². The summed E-state index contributed by atoms with van der Waals surface area (Å²) in [5.41, 5.74) is 0. The Balaban J connectivity index is 3.00. The average molecular weight is 180 g/mol. The zero-order valence-electron chi connectivity index (χ0n) is 7.93. The molecular weight excluding hydrogens is 168 g/mol. The molecule has 68 valence electrons. The van der Waals surface area contributed by atoms with Gasteiger partial charge in [0.05, 0.1) is 0 Å². The largest absolute Gasteiger partial charge is 0.0622 e. The van der Waals surface area contributed by atoms with E-state index in [1.165, 1.54) is 0 Å². The molecule has 0 heteroatoms. The van der Waals surface area contributed by atoms with Gasteiger partial charge in [-0.2, -0.15) is 0 Å². The molecule has 2 radical (unpaired) electrons. The molecule has 0 amide bonds. The van der Waals surface area contributed by atoms with E-state index < -0.39 is 0 Å². The van der Waals surface area contributed by atoms with Crippen molar-refractivity contribution in [2.75, 3.05) is 0 Å². The van der Waals surface area contributed by atoms with E-state index in [-0.39, 0.29) is 0 Å². The maximum absolute atomic E-state index is 3.01. The number of hydrogen-bond donors (Lipinski definition) is 0. The van der Waals surface area contributed by atoms with Gasteiger partial charge in [-0.15, -0.1) is 0 Å². The molecule has 0 unspecified atom stereocenters. The summed E-state index contributed by atoms with van der Waals surface area (Å²) in [5, 5.41) is 0. The van der Waals surface area contributed by atoms with Gasteiger partial charge in [0.1, 0.15) is 0 Å². The molecule has 0 bridgehead atoms. The van der Waals surface area contributed by atoms with Gasteiger partial charge in [-0.3, -0.25) is 0 Å². The van der Waals surface area contributed by atoms with Crippen molar-refractivity contribution in [1.29, 1.82) is 0 Å². The van der Waals surface area contributed by atoms with Crippen LogP contribution in [0, 0.1) is 12.1 Å². The fourth-order valence-electron chi connectivity index (χ4n) is 0.812. The van der Waals surface area contributed by atoms with Gasteiger partial charge in [0.2, 0.25) is 0 Å². The Labute approximate surface area is 85.5 Å². The molecule has 0 heterocycles. The molecule has 0 spiro atoms. The quantitative estimate of drug-likeness (QED) is 0.573. The van der Waals surface area contributed by atoms with Crippen LogP contribution >= 0.6 is 0 Å². The summed E-state index contributed by atoms with van der Waals surface area (Å²) in [4.78, 5) is 0. The van der Waals surface area contributed by atoms with Gasteiger partial charge in [-0.05, 0) is 12.1 Å². The minimum Gasteiger partial charge on any atom is -0.0622 e. The highest BCUT2D eigenvalue weighted by Crippen LogP contribution is 1.79. The molecule has 0 aliphatic heterocycles. The first-order valence-electron chi connectivity index (χ1n) is 4.49. The van der Waals surface area contributed by atoms with Crippen LogP contribution in [0.1, 0.15) is 0 Å². The maximum atomic E-state index is 3.01. The molecular formula is C14H12. The van der Waals surface area contributed by atoms with Gasteiger partial charge in [0.25, 0.3) is 0 Å². The standard InChI is InChI=1S/C14H12/c1-2-4-6-8-10-12-14-13-11-9-7-5-3-1/h1-6,9-14H.